The predicted molar refractivity (Wildman–Crippen MR) is 98.3 cm³/mol. The number of carbonyl (C=O) groups is 1. The zero-order valence-electron chi connectivity index (χ0n) is 14.4. The van der Waals surface area contributed by atoms with Crippen molar-refractivity contribution in [3.63, 3.8) is 0 Å². The van der Waals surface area contributed by atoms with Gasteiger partial charge in [0.2, 0.25) is 0 Å². The average Bonchev–Trinajstić information content (AvgIpc) is 2.82. The first-order chi connectivity index (χ1) is 11.9. The highest BCUT2D eigenvalue weighted by molar-refractivity contribution is 6.34. The third-order valence-corrected chi connectivity index (χ3v) is 4.34. The standard InChI is InChI=1S/C18H22Cl2N2O3/c1-3-25-18(24)5-4-17-16(12(2)22(21-17)6-7-23)10-13-8-14(19)11-15(20)9-13/h8-9,11,23H,3-7,10H2,1-2H3. The molecule has 1 heterocycles. The van der Waals surface area contributed by atoms with Gasteiger partial charge in [0.05, 0.1) is 31.9 Å². The van der Waals surface area contributed by atoms with E-state index in [9.17, 15) is 9.90 Å². The minimum atomic E-state index is -0.242. The Bertz CT molecular complexity index is 724. The van der Waals surface area contributed by atoms with E-state index in [1.54, 1.807) is 17.7 Å². The van der Waals surface area contributed by atoms with Crippen LogP contribution in [-0.4, -0.2) is 34.1 Å². The summed E-state index contributed by atoms with van der Waals surface area (Å²) < 4.78 is 6.76. The lowest BCUT2D eigenvalue weighted by molar-refractivity contribution is -0.143. The molecule has 0 fully saturated rings. The number of aliphatic hydroxyl groups is 1. The Hall–Kier alpha value is -1.56. The van der Waals surface area contributed by atoms with Crippen LogP contribution in [0.2, 0.25) is 10.0 Å². The van der Waals surface area contributed by atoms with Crippen LogP contribution in [0.3, 0.4) is 0 Å². The summed E-state index contributed by atoms with van der Waals surface area (Å²) in [5.41, 5.74) is 3.79. The fraction of sp³-hybridized carbons (Fsp3) is 0.444. The second-order valence-corrected chi connectivity index (χ2v) is 6.59. The molecule has 1 aromatic carbocycles. The van der Waals surface area contributed by atoms with Crippen LogP contribution in [0.25, 0.3) is 0 Å². The highest BCUT2D eigenvalue weighted by Gasteiger charge is 2.17. The van der Waals surface area contributed by atoms with Crippen molar-refractivity contribution in [1.29, 1.82) is 0 Å². The van der Waals surface area contributed by atoms with Gasteiger partial charge in [-0.2, -0.15) is 5.10 Å². The van der Waals surface area contributed by atoms with Gasteiger partial charge in [0, 0.05) is 34.1 Å². The molecule has 2 rings (SSSR count). The first-order valence-electron chi connectivity index (χ1n) is 8.21. The maximum absolute atomic E-state index is 11.7. The molecular formula is C18H22Cl2N2O3. The maximum atomic E-state index is 11.7. The molecule has 25 heavy (non-hydrogen) atoms. The minimum Gasteiger partial charge on any atom is -0.466 e. The lowest BCUT2D eigenvalue weighted by atomic mass is 10.0. The Labute approximate surface area is 157 Å². The van der Waals surface area contributed by atoms with Crippen LogP contribution in [-0.2, 0) is 28.9 Å². The Morgan fingerprint density at radius 2 is 1.96 bits per heavy atom. The molecule has 5 nitrogen and oxygen atoms in total. The Morgan fingerprint density at radius 3 is 2.56 bits per heavy atom. The molecular weight excluding hydrogens is 363 g/mol. The molecule has 7 heteroatoms. The van der Waals surface area contributed by atoms with E-state index in [4.69, 9.17) is 27.9 Å². The molecule has 0 saturated carbocycles. The molecule has 0 saturated heterocycles. The van der Waals surface area contributed by atoms with Crippen LogP contribution < -0.4 is 0 Å². The number of aliphatic hydroxyl groups excluding tert-OH is 1. The number of ether oxygens (including phenoxy) is 1. The maximum Gasteiger partial charge on any atom is 0.306 e. The van der Waals surface area contributed by atoms with E-state index in [-0.39, 0.29) is 19.0 Å². The largest absolute Gasteiger partial charge is 0.466 e. The first kappa shape index (κ1) is 19.8. The molecule has 0 aliphatic heterocycles. The molecule has 0 amide bonds. The number of aromatic nitrogens is 2. The van der Waals surface area contributed by atoms with E-state index in [0.29, 0.717) is 36.0 Å². The van der Waals surface area contributed by atoms with Gasteiger partial charge in [0.1, 0.15) is 0 Å². The van der Waals surface area contributed by atoms with Crippen LogP contribution in [0, 0.1) is 6.92 Å². The molecule has 136 valence electrons. The summed E-state index contributed by atoms with van der Waals surface area (Å²) in [6.45, 7) is 4.52. The number of halogens is 2. The van der Waals surface area contributed by atoms with Crippen LogP contribution >= 0.6 is 23.2 Å². The third-order valence-electron chi connectivity index (χ3n) is 3.90. The molecule has 0 bridgehead atoms. The molecule has 0 unspecified atom stereocenters. The SMILES string of the molecule is CCOC(=O)CCc1nn(CCO)c(C)c1Cc1cc(Cl)cc(Cl)c1. The van der Waals surface area contributed by atoms with Crippen molar-refractivity contribution >= 4 is 29.2 Å². The summed E-state index contributed by atoms with van der Waals surface area (Å²) in [7, 11) is 0. The Kier molecular flexibility index (Phi) is 7.29. The summed E-state index contributed by atoms with van der Waals surface area (Å²) in [5.74, 6) is -0.242. The van der Waals surface area contributed by atoms with Gasteiger partial charge in [-0.05, 0) is 37.6 Å². The summed E-state index contributed by atoms with van der Waals surface area (Å²) in [6, 6.07) is 5.42. The van der Waals surface area contributed by atoms with Crippen molar-refractivity contribution in [1.82, 2.24) is 9.78 Å². The fourth-order valence-electron chi connectivity index (χ4n) is 2.76. The normalized spacial score (nSPS) is 10.9. The quantitative estimate of drug-likeness (QED) is 0.706. The number of esters is 1. The van der Waals surface area contributed by atoms with Gasteiger partial charge < -0.3 is 9.84 Å². The van der Waals surface area contributed by atoms with E-state index in [1.807, 2.05) is 19.1 Å². The topological polar surface area (TPSA) is 64.3 Å². The van der Waals surface area contributed by atoms with E-state index in [0.717, 1.165) is 22.5 Å². The molecule has 1 aromatic heterocycles. The van der Waals surface area contributed by atoms with E-state index in [2.05, 4.69) is 5.10 Å². The molecule has 0 radical (unpaired) electrons. The molecule has 1 N–H and O–H groups in total. The number of aryl methyl sites for hydroxylation is 1. The highest BCUT2D eigenvalue weighted by atomic mass is 35.5. The van der Waals surface area contributed by atoms with Crippen LogP contribution in [0.1, 0.15) is 35.9 Å². The Balaban J connectivity index is 2.28. The van der Waals surface area contributed by atoms with Crippen molar-refractivity contribution in [2.45, 2.75) is 39.7 Å². The van der Waals surface area contributed by atoms with Crippen LogP contribution in [0.5, 0.6) is 0 Å². The Morgan fingerprint density at radius 1 is 1.28 bits per heavy atom. The second-order valence-electron chi connectivity index (χ2n) is 5.72. The number of nitrogens with zero attached hydrogens (tertiary/aromatic N) is 2. The third kappa shape index (κ3) is 5.46. The number of hydrogen-bond donors (Lipinski definition) is 1. The summed E-state index contributed by atoms with van der Waals surface area (Å²) in [6.07, 6.45) is 1.37. The molecule has 0 aliphatic carbocycles. The summed E-state index contributed by atoms with van der Waals surface area (Å²) >= 11 is 12.2. The first-order valence-corrected chi connectivity index (χ1v) is 8.96. The molecule has 2 aromatic rings. The van der Waals surface area contributed by atoms with Crippen molar-refractivity contribution in [3.05, 3.63) is 50.8 Å². The average molecular weight is 385 g/mol. The van der Waals surface area contributed by atoms with Crippen molar-refractivity contribution in [2.75, 3.05) is 13.2 Å². The zero-order chi connectivity index (χ0) is 18.4. The van der Waals surface area contributed by atoms with Crippen molar-refractivity contribution in [3.8, 4) is 0 Å². The van der Waals surface area contributed by atoms with Gasteiger partial charge in [-0.3, -0.25) is 9.48 Å². The van der Waals surface area contributed by atoms with Gasteiger partial charge in [-0.15, -0.1) is 0 Å². The van der Waals surface area contributed by atoms with E-state index >= 15 is 0 Å². The highest BCUT2D eigenvalue weighted by Crippen LogP contribution is 2.24. The van der Waals surface area contributed by atoms with Crippen molar-refractivity contribution in [2.24, 2.45) is 0 Å². The van der Waals surface area contributed by atoms with E-state index in [1.165, 1.54) is 0 Å². The monoisotopic (exact) mass is 384 g/mol. The zero-order valence-corrected chi connectivity index (χ0v) is 15.9. The number of benzene rings is 1. The van der Waals surface area contributed by atoms with Crippen LogP contribution in [0.4, 0.5) is 0 Å². The smallest absolute Gasteiger partial charge is 0.306 e. The summed E-state index contributed by atoms with van der Waals surface area (Å²) in [5, 5.41) is 14.9. The van der Waals surface area contributed by atoms with Gasteiger partial charge in [-0.25, -0.2) is 0 Å². The molecule has 0 spiro atoms. The van der Waals surface area contributed by atoms with Gasteiger partial charge in [-0.1, -0.05) is 23.2 Å². The van der Waals surface area contributed by atoms with Gasteiger partial charge in [0.15, 0.2) is 0 Å². The van der Waals surface area contributed by atoms with E-state index < -0.39 is 0 Å². The van der Waals surface area contributed by atoms with Crippen molar-refractivity contribution < 1.29 is 14.6 Å². The predicted octanol–water partition coefficient (Wildman–Crippen LogP) is 3.58. The van der Waals surface area contributed by atoms with Gasteiger partial charge in [0.25, 0.3) is 0 Å². The fourth-order valence-corrected chi connectivity index (χ4v) is 3.33. The van der Waals surface area contributed by atoms with Gasteiger partial charge >= 0.3 is 5.97 Å². The number of hydrogen-bond acceptors (Lipinski definition) is 4. The summed E-state index contributed by atoms with van der Waals surface area (Å²) in [4.78, 5) is 11.7. The van der Waals surface area contributed by atoms with Crippen LogP contribution in [0.15, 0.2) is 18.2 Å². The molecule has 0 aliphatic rings. The number of rotatable bonds is 8. The number of carbonyl (C=O) groups excluding carboxylic acids is 1. The lowest BCUT2D eigenvalue weighted by Crippen LogP contribution is -2.07. The second kappa shape index (κ2) is 9.22. The minimum absolute atomic E-state index is 0.00225. The molecule has 0 atom stereocenters. The lowest BCUT2D eigenvalue weighted by Gasteiger charge is -2.07.